The summed E-state index contributed by atoms with van der Waals surface area (Å²) >= 11 is 0. The predicted octanol–water partition coefficient (Wildman–Crippen LogP) is 1.94. The summed E-state index contributed by atoms with van der Waals surface area (Å²) in [4.78, 5) is 8.40. The number of anilines is 2. The van der Waals surface area contributed by atoms with Crippen LogP contribution in [0.4, 0.5) is 11.6 Å². The van der Waals surface area contributed by atoms with Crippen LogP contribution < -0.4 is 10.6 Å². The first-order valence-electron chi connectivity index (χ1n) is 6.08. The molecular formula is C12H17N5O. The van der Waals surface area contributed by atoms with Gasteiger partial charge in [0.15, 0.2) is 5.82 Å². The Hall–Kier alpha value is -2.11. The third-order valence-corrected chi connectivity index (χ3v) is 2.37. The molecular weight excluding hydrogens is 230 g/mol. The molecule has 0 saturated carbocycles. The first-order chi connectivity index (χ1) is 8.88. The number of aromatic nitrogens is 3. The minimum Gasteiger partial charge on any atom is -0.370 e. The standard InChI is InChI=1S/C12H17N5O/c1-2-7-13-10-4-3-5-11(16-10)14-8-6-12-15-9-18-17-12/h3-5,9H,2,6-8H2,1H3,(H2,13,14,16). The highest BCUT2D eigenvalue weighted by Crippen LogP contribution is 2.09. The van der Waals surface area contributed by atoms with Gasteiger partial charge in [0.2, 0.25) is 6.39 Å². The Morgan fingerprint density at radius 1 is 1.17 bits per heavy atom. The van der Waals surface area contributed by atoms with E-state index in [2.05, 4.69) is 37.2 Å². The van der Waals surface area contributed by atoms with Crippen molar-refractivity contribution in [1.29, 1.82) is 0 Å². The van der Waals surface area contributed by atoms with Crippen molar-refractivity contribution in [2.45, 2.75) is 19.8 Å². The van der Waals surface area contributed by atoms with Gasteiger partial charge in [-0.2, -0.15) is 4.98 Å². The smallest absolute Gasteiger partial charge is 0.213 e. The maximum Gasteiger partial charge on any atom is 0.213 e. The second-order valence-corrected chi connectivity index (χ2v) is 3.86. The van der Waals surface area contributed by atoms with Gasteiger partial charge in [0.05, 0.1) is 0 Å². The highest BCUT2D eigenvalue weighted by molar-refractivity contribution is 5.45. The van der Waals surface area contributed by atoms with Crippen LogP contribution in [0.25, 0.3) is 0 Å². The Morgan fingerprint density at radius 2 is 1.94 bits per heavy atom. The van der Waals surface area contributed by atoms with Gasteiger partial charge in [-0.25, -0.2) is 4.98 Å². The Balaban J connectivity index is 1.81. The number of rotatable bonds is 7. The molecule has 0 radical (unpaired) electrons. The van der Waals surface area contributed by atoms with Crippen molar-refractivity contribution in [1.82, 2.24) is 15.1 Å². The van der Waals surface area contributed by atoms with E-state index in [1.165, 1.54) is 6.39 Å². The third kappa shape index (κ3) is 3.73. The van der Waals surface area contributed by atoms with E-state index in [0.29, 0.717) is 12.2 Å². The van der Waals surface area contributed by atoms with Crippen molar-refractivity contribution < 1.29 is 4.52 Å². The SMILES string of the molecule is CCCNc1cccc(NCCc2ncon2)n1. The second kappa shape index (κ2) is 6.58. The topological polar surface area (TPSA) is 75.9 Å². The highest BCUT2D eigenvalue weighted by atomic mass is 16.5. The van der Waals surface area contributed by atoms with Gasteiger partial charge in [0.25, 0.3) is 0 Å². The average Bonchev–Trinajstić information content (AvgIpc) is 2.90. The number of hydrogen-bond donors (Lipinski definition) is 2. The van der Waals surface area contributed by atoms with Gasteiger partial charge >= 0.3 is 0 Å². The molecule has 0 amide bonds. The van der Waals surface area contributed by atoms with Crippen LogP contribution in [-0.2, 0) is 6.42 Å². The van der Waals surface area contributed by atoms with Gasteiger partial charge in [0.1, 0.15) is 11.6 Å². The summed E-state index contributed by atoms with van der Waals surface area (Å²) in [6.45, 7) is 3.78. The molecule has 0 atom stereocenters. The zero-order valence-electron chi connectivity index (χ0n) is 10.4. The van der Waals surface area contributed by atoms with E-state index in [-0.39, 0.29) is 0 Å². The first-order valence-corrected chi connectivity index (χ1v) is 6.08. The molecule has 2 rings (SSSR count). The lowest BCUT2D eigenvalue weighted by molar-refractivity contribution is 0.410. The summed E-state index contributed by atoms with van der Waals surface area (Å²) in [5.41, 5.74) is 0. The van der Waals surface area contributed by atoms with Crippen LogP contribution in [-0.4, -0.2) is 28.2 Å². The summed E-state index contributed by atoms with van der Waals surface area (Å²) in [6.07, 6.45) is 3.13. The van der Waals surface area contributed by atoms with Crippen LogP contribution in [0, 0.1) is 0 Å². The van der Waals surface area contributed by atoms with E-state index in [1.807, 2.05) is 18.2 Å². The summed E-state index contributed by atoms with van der Waals surface area (Å²) in [5.74, 6) is 2.43. The fourth-order valence-electron chi connectivity index (χ4n) is 1.49. The zero-order chi connectivity index (χ0) is 12.6. The molecule has 6 heteroatoms. The number of nitrogens with zero attached hydrogens (tertiary/aromatic N) is 3. The molecule has 96 valence electrons. The highest BCUT2D eigenvalue weighted by Gasteiger charge is 1.99. The number of hydrogen-bond acceptors (Lipinski definition) is 6. The quantitative estimate of drug-likeness (QED) is 0.778. The molecule has 0 aliphatic heterocycles. The first kappa shape index (κ1) is 12.3. The molecule has 0 unspecified atom stereocenters. The largest absolute Gasteiger partial charge is 0.370 e. The van der Waals surface area contributed by atoms with Crippen molar-refractivity contribution in [2.75, 3.05) is 23.7 Å². The minimum absolute atomic E-state index is 0.697. The fraction of sp³-hybridized carbons (Fsp3) is 0.417. The molecule has 0 aliphatic rings. The summed E-state index contributed by atoms with van der Waals surface area (Å²) in [6, 6.07) is 5.87. The summed E-state index contributed by atoms with van der Waals surface area (Å²) in [7, 11) is 0. The molecule has 2 aromatic heterocycles. The molecule has 0 spiro atoms. The number of nitrogens with one attached hydrogen (secondary N) is 2. The molecule has 6 nitrogen and oxygen atoms in total. The van der Waals surface area contributed by atoms with Crippen molar-refractivity contribution in [3.63, 3.8) is 0 Å². The van der Waals surface area contributed by atoms with E-state index < -0.39 is 0 Å². The van der Waals surface area contributed by atoms with Crippen LogP contribution in [0.2, 0.25) is 0 Å². The molecule has 0 aromatic carbocycles. The van der Waals surface area contributed by atoms with Crippen LogP contribution in [0.15, 0.2) is 29.1 Å². The van der Waals surface area contributed by atoms with Crippen molar-refractivity contribution in [3.8, 4) is 0 Å². The third-order valence-electron chi connectivity index (χ3n) is 2.37. The summed E-state index contributed by atoms with van der Waals surface area (Å²) < 4.78 is 4.67. The van der Waals surface area contributed by atoms with Crippen molar-refractivity contribution in [2.24, 2.45) is 0 Å². The normalized spacial score (nSPS) is 10.3. The van der Waals surface area contributed by atoms with Gasteiger partial charge in [-0.1, -0.05) is 18.1 Å². The molecule has 2 heterocycles. The molecule has 0 fully saturated rings. The maximum absolute atomic E-state index is 4.67. The van der Waals surface area contributed by atoms with E-state index in [0.717, 1.165) is 31.1 Å². The summed E-state index contributed by atoms with van der Waals surface area (Å²) in [5, 5.41) is 10.2. The van der Waals surface area contributed by atoms with E-state index in [4.69, 9.17) is 0 Å². The minimum atomic E-state index is 0.697. The molecule has 2 aromatic rings. The van der Waals surface area contributed by atoms with Crippen LogP contribution in [0.5, 0.6) is 0 Å². The fourth-order valence-corrected chi connectivity index (χ4v) is 1.49. The zero-order valence-corrected chi connectivity index (χ0v) is 10.4. The average molecular weight is 247 g/mol. The van der Waals surface area contributed by atoms with Gasteiger partial charge in [-0.05, 0) is 18.6 Å². The predicted molar refractivity (Wildman–Crippen MR) is 69.5 cm³/mol. The van der Waals surface area contributed by atoms with E-state index >= 15 is 0 Å². The van der Waals surface area contributed by atoms with Crippen LogP contribution in [0.1, 0.15) is 19.2 Å². The molecule has 0 aliphatic carbocycles. The molecule has 18 heavy (non-hydrogen) atoms. The molecule has 0 bridgehead atoms. The van der Waals surface area contributed by atoms with Crippen molar-refractivity contribution in [3.05, 3.63) is 30.4 Å². The van der Waals surface area contributed by atoms with Gasteiger partial charge < -0.3 is 15.2 Å². The Bertz CT molecular complexity index is 457. The maximum atomic E-state index is 4.67. The number of pyridine rings is 1. The monoisotopic (exact) mass is 247 g/mol. The second-order valence-electron chi connectivity index (χ2n) is 3.86. The Labute approximate surface area is 106 Å². The lowest BCUT2D eigenvalue weighted by Gasteiger charge is -2.07. The van der Waals surface area contributed by atoms with E-state index in [1.54, 1.807) is 0 Å². The van der Waals surface area contributed by atoms with Crippen molar-refractivity contribution >= 4 is 11.6 Å². The van der Waals surface area contributed by atoms with Gasteiger partial charge in [0, 0.05) is 19.5 Å². The lowest BCUT2D eigenvalue weighted by Crippen LogP contribution is -2.08. The van der Waals surface area contributed by atoms with E-state index in [9.17, 15) is 0 Å². The molecule has 0 saturated heterocycles. The Morgan fingerprint density at radius 3 is 2.61 bits per heavy atom. The van der Waals surface area contributed by atoms with Crippen LogP contribution in [0.3, 0.4) is 0 Å². The molecule has 2 N–H and O–H groups in total. The van der Waals surface area contributed by atoms with Gasteiger partial charge in [-0.3, -0.25) is 0 Å². The lowest BCUT2D eigenvalue weighted by atomic mass is 10.4. The van der Waals surface area contributed by atoms with Crippen LogP contribution >= 0.6 is 0 Å². The Kier molecular flexibility index (Phi) is 4.52. The van der Waals surface area contributed by atoms with Gasteiger partial charge in [-0.15, -0.1) is 0 Å².